The summed E-state index contributed by atoms with van der Waals surface area (Å²) in [5.74, 6) is 1.37. The Morgan fingerprint density at radius 2 is 1.97 bits per heavy atom. The SMILES string of the molecule is O=C1COc2cc(N=C(CO)N3CCC(Cc4ccc(F)cc4)CC3)ccc2N1. The van der Waals surface area contributed by atoms with Crippen LogP contribution in [0.2, 0.25) is 0 Å². The predicted octanol–water partition coefficient (Wildman–Crippen LogP) is 3.13. The molecular formula is C22H24FN3O3. The number of likely N-dealkylation sites (tertiary alicyclic amines) is 1. The van der Waals surface area contributed by atoms with Crippen LogP contribution in [-0.4, -0.2) is 48.1 Å². The molecule has 0 bridgehead atoms. The van der Waals surface area contributed by atoms with Crippen LogP contribution in [0.25, 0.3) is 0 Å². The van der Waals surface area contributed by atoms with Crippen LogP contribution < -0.4 is 10.1 Å². The zero-order chi connectivity index (χ0) is 20.2. The lowest BCUT2D eigenvalue weighted by Crippen LogP contribution is -2.40. The molecule has 0 aromatic heterocycles. The van der Waals surface area contributed by atoms with E-state index in [9.17, 15) is 14.3 Å². The topological polar surface area (TPSA) is 74.2 Å². The van der Waals surface area contributed by atoms with Gasteiger partial charge in [0.05, 0.1) is 11.4 Å². The Balaban J connectivity index is 1.39. The number of ether oxygens (including phenoxy) is 1. The summed E-state index contributed by atoms with van der Waals surface area (Å²) in [7, 11) is 0. The quantitative estimate of drug-likeness (QED) is 0.614. The predicted molar refractivity (Wildman–Crippen MR) is 109 cm³/mol. The highest BCUT2D eigenvalue weighted by Crippen LogP contribution is 2.32. The smallest absolute Gasteiger partial charge is 0.262 e. The second-order valence-corrected chi connectivity index (χ2v) is 7.46. The number of aliphatic hydroxyl groups excluding tert-OH is 1. The first-order chi connectivity index (χ1) is 14.1. The maximum Gasteiger partial charge on any atom is 0.262 e. The number of rotatable bonds is 4. The van der Waals surface area contributed by atoms with Crippen molar-refractivity contribution >= 4 is 23.1 Å². The zero-order valence-electron chi connectivity index (χ0n) is 16.1. The number of amides is 1. The highest BCUT2D eigenvalue weighted by Gasteiger charge is 2.22. The third-order valence-electron chi connectivity index (χ3n) is 5.41. The monoisotopic (exact) mass is 397 g/mol. The van der Waals surface area contributed by atoms with Crippen LogP contribution in [0.3, 0.4) is 0 Å². The molecule has 1 saturated heterocycles. The van der Waals surface area contributed by atoms with Gasteiger partial charge in [0.2, 0.25) is 0 Å². The van der Waals surface area contributed by atoms with Gasteiger partial charge in [0.15, 0.2) is 6.61 Å². The summed E-state index contributed by atoms with van der Waals surface area (Å²) in [4.78, 5) is 18.1. The van der Waals surface area contributed by atoms with E-state index in [0.717, 1.165) is 37.9 Å². The van der Waals surface area contributed by atoms with Gasteiger partial charge in [-0.15, -0.1) is 0 Å². The first-order valence-corrected chi connectivity index (χ1v) is 9.85. The standard InChI is InChI=1S/C22H24FN3O3/c23-17-3-1-15(2-4-17)11-16-7-9-26(10-8-16)21(13-27)24-18-5-6-19-20(12-18)29-14-22(28)25-19/h1-6,12,16,27H,7-11,13-14H2,(H,25,28). The summed E-state index contributed by atoms with van der Waals surface area (Å²) < 4.78 is 18.5. The molecule has 6 nitrogen and oxygen atoms in total. The molecule has 2 aromatic rings. The number of benzene rings is 2. The lowest BCUT2D eigenvalue weighted by atomic mass is 9.90. The number of amidine groups is 1. The third kappa shape index (κ3) is 4.74. The Kier molecular flexibility index (Phi) is 5.76. The summed E-state index contributed by atoms with van der Waals surface area (Å²) in [6, 6.07) is 12.0. The molecule has 152 valence electrons. The molecule has 1 fully saturated rings. The van der Waals surface area contributed by atoms with Gasteiger partial charge in [-0.25, -0.2) is 9.38 Å². The van der Waals surface area contributed by atoms with Gasteiger partial charge in [-0.1, -0.05) is 12.1 Å². The number of nitrogens with zero attached hydrogens (tertiary/aromatic N) is 2. The average Bonchev–Trinajstić information content (AvgIpc) is 2.74. The summed E-state index contributed by atoms with van der Waals surface area (Å²) in [6.07, 6.45) is 2.93. The summed E-state index contributed by atoms with van der Waals surface area (Å²) in [6.45, 7) is 1.50. The maximum atomic E-state index is 13.1. The zero-order valence-corrected chi connectivity index (χ0v) is 16.1. The van der Waals surface area contributed by atoms with Crippen molar-refractivity contribution in [3.8, 4) is 5.75 Å². The molecule has 2 N–H and O–H groups in total. The van der Waals surface area contributed by atoms with Gasteiger partial charge in [-0.05, 0) is 55.0 Å². The summed E-state index contributed by atoms with van der Waals surface area (Å²) in [5.41, 5.74) is 2.46. The Labute approximate surface area is 169 Å². The number of aliphatic imine (C=N–C) groups is 1. The van der Waals surface area contributed by atoms with E-state index in [4.69, 9.17) is 4.74 Å². The average molecular weight is 397 g/mol. The Hall–Kier alpha value is -2.93. The fourth-order valence-electron chi connectivity index (χ4n) is 3.84. The minimum absolute atomic E-state index is 0.00536. The van der Waals surface area contributed by atoms with Crippen molar-refractivity contribution < 1.29 is 19.0 Å². The van der Waals surface area contributed by atoms with E-state index >= 15 is 0 Å². The number of piperidine rings is 1. The van der Waals surface area contributed by atoms with Gasteiger partial charge in [0.1, 0.15) is 24.0 Å². The van der Waals surface area contributed by atoms with Crippen LogP contribution in [0.15, 0.2) is 47.5 Å². The Bertz CT molecular complexity index is 906. The van der Waals surface area contributed by atoms with Crippen molar-refractivity contribution in [1.29, 1.82) is 0 Å². The first-order valence-electron chi connectivity index (χ1n) is 9.85. The second kappa shape index (κ2) is 8.61. The van der Waals surface area contributed by atoms with Gasteiger partial charge in [-0.2, -0.15) is 0 Å². The van der Waals surface area contributed by atoms with E-state index in [1.54, 1.807) is 18.2 Å². The number of carbonyl (C=O) groups excluding carboxylic acids is 1. The molecule has 0 aliphatic carbocycles. The summed E-state index contributed by atoms with van der Waals surface area (Å²) in [5, 5.41) is 12.6. The van der Waals surface area contributed by atoms with Crippen LogP contribution >= 0.6 is 0 Å². The van der Waals surface area contributed by atoms with Gasteiger partial charge >= 0.3 is 0 Å². The van der Waals surface area contributed by atoms with Crippen molar-refractivity contribution in [2.75, 3.05) is 31.6 Å². The molecular weight excluding hydrogens is 373 g/mol. The molecule has 0 saturated carbocycles. The minimum Gasteiger partial charge on any atom is -0.482 e. The van der Waals surface area contributed by atoms with E-state index in [1.165, 1.54) is 12.1 Å². The van der Waals surface area contributed by atoms with Crippen LogP contribution in [0.5, 0.6) is 5.75 Å². The van der Waals surface area contributed by atoms with Gasteiger partial charge < -0.3 is 20.1 Å². The molecule has 2 heterocycles. The van der Waals surface area contributed by atoms with Gasteiger partial charge in [0, 0.05) is 19.2 Å². The number of aliphatic hydroxyl groups is 1. The molecule has 0 unspecified atom stereocenters. The molecule has 0 radical (unpaired) electrons. The highest BCUT2D eigenvalue weighted by molar-refractivity contribution is 5.96. The second-order valence-electron chi connectivity index (χ2n) is 7.46. The van der Waals surface area contributed by atoms with Gasteiger partial charge in [0.25, 0.3) is 5.91 Å². The van der Waals surface area contributed by atoms with E-state index in [1.807, 2.05) is 12.1 Å². The van der Waals surface area contributed by atoms with Crippen molar-refractivity contribution in [2.24, 2.45) is 10.9 Å². The van der Waals surface area contributed by atoms with E-state index < -0.39 is 0 Å². The number of anilines is 1. The molecule has 1 amide bonds. The largest absolute Gasteiger partial charge is 0.482 e. The molecule has 7 heteroatoms. The van der Waals surface area contributed by atoms with Crippen molar-refractivity contribution in [2.45, 2.75) is 19.3 Å². The van der Waals surface area contributed by atoms with E-state index in [-0.39, 0.29) is 24.9 Å². The fraction of sp³-hybridized carbons (Fsp3) is 0.364. The molecule has 29 heavy (non-hydrogen) atoms. The number of hydrogen-bond acceptors (Lipinski definition) is 4. The Morgan fingerprint density at radius 1 is 1.21 bits per heavy atom. The molecule has 2 aliphatic rings. The molecule has 2 aliphatic heterocycles. The Morgan fingerprint density at radius 3 is 2.69 bits per heavy atom. The van der Waals surface area contributed by atoms with Gasteiger partial charge in [-0.3, -0.25) is 4.79 Å². The molecule has 0 spiro atoms. The lowest BCUT2D eigenvalue weighted by molar-refractivity contribution is -0.118. The first kappa shape index (κ1) is 19.4. The normalized spacial score (nSPS) is 17.5. The molecule has 2 aromatic carbocycles. The van der Waals surface area contributed by atoms with E-state index in [0.29, 0.717) is 28.9 Å². The van der Waals surface area contributed by atoms with Crippen molar-refractivity contribution in [3.05, 3.63) is 53.8 Å². The van der Waals surface area contributed by atoms with Crippen molar-refractivity contribution in [1.82, 2.24) is 4.90 Å². The number of halogens is 1. The van der Waals surface area contributed by atoms with Crippen molar-refractivity contribution in [3.63, 3.8) is 0 Å². The van der Waals surface area contributed by atoms with E-state index in [2.05, 4.69) is 15.2 Å². The van der Waals surface area contributed by atoms with Crippen LogP contribution in [0, 0.1) is 11.7 Å². The fourth-order valence-corrected chi connectivity index (χ4v) is 3.84. The molecule has 0 atom stereocenters. The third-order valence-corrected chi connectivity index (χ3v) is 5.41. The maximum absolute atomic E-state index is 13.1. The minimum atomic E-state index is -0.206. The lowest BCUT2D eigenvalue weighted by Gasteiger charge is -2.34. The highest BCUT2D eigenvalue weighted by atomic mass is 19.1. The summed E-state index contributed by atoms with van der Waals surface area (Å²) >= 11 is 0. The number of carbonyl (C=O) groups is 1. The number of nitrogens with one attached hydrogen (secondary N) is 1. The van der Waals surface area contributed by atoms with Crippen LogP contribution in [0.4, 0.5) is 15.8 Å². The molecule has 4 rings (SSSR count). The van der Waals surface area contributed by atoms with Crippen LogP contribution in [0.1, 0.15) is 18.4 Å². The number of hydrogen-bond donors (Lipinski definition) is 2. The van der Waals surface area contributed by atoms with Crippen LogP contribution in [-0.2, 0) is 11.2 Å². The number of fused-ring (bicyclic) bond motifs is 1.